The molecule has 1 saturated heterocycles. The maximum absolute atomic E-state index is 12.7. The highest BCUT2D eigenvalue weighted by Crippen LogP contribution is 2.34. The van der Waals surface area contributed by atoms with E-state index < -0.39 is 5.41 Å². The maximum Gasteiger partial charge on any atom is 0.235 e. The largest absolute Gasteiger partial charge is 0.394 e. The van der Waals surface area contributed by atoms with Crippen molar-refractivity contribution in [1.29, 1.82) is 0 Å². The number of aliphatic hydroxyl groups excluding tert-OH is 1. The van der Waals surface area contributed by atoms with E-state index in [2.05, 4.69) is 6.92 Å². The van der Waals surface area contributed by atoms with Crippen LogP contribution in [0.3, 0.4) is 0 Å². The van der Waals surface area contributed by atoms with Crippen LogP contribution in [0.4, 0.5) is 0 Å². The van der Waals surface area contributed by atoms with E-state index in [9.17, 15) is 9.90 Å². The Morgan fingerprint density at radius 2 is 2.06 bits per heavy atom. The fourth-order valence-corrected chi connectivity index (χ4v) is 3.20. The molecule has 1 aliphatic rings. The van der Waals surface area contributed by atoms with Crippen molar-refractivity contribution < 1.29 is 9.90 Å². The molecule has 0 bridgehead atoms. The van der Waals surface area contributed by atoms with Gasteiger partial charge in [-0.15, -0.1) is 0 Å². The fraction of sp³-hybridized carbons (Fsp3) is 0.846. The Morgan fingerprint density at radius 1 is 1.50 bits per heavy atom. The minimum atomic E-state index is -0.743. The second kappa shape index (κ2) is 5.97. The van der Waals surface area contributed by atoms with Crippen molar-refractivity contribution in [2.45, 2.75) is 46.1 Å². The summed E-state index contributed by atoms with van der Waals surface area (Å²) in [5, 5.41) is 9.45. The number of rotatable bonds is 5. The number of amides is 1. The van der Waals surface area contributed by atoms with Crippen molar-refractivity contribution in [2.24, 2.45) is 17.1 Å². The molecule has 1 fully saturated rings. The van der Waals surface area contributed by atoms with Gasteiger partial charge in [0.2, 0.25) is 5.91 Å². The van der Waals surface area contributed by atoms with Gasteiger partial charge in [0, 0.05) is 6.54 Å². The van der Waals surface area contributed by atoms with Crippen molar-refractivity contribution in [3.63, 3.8) is 0 Å². The number of carbonyl (C=O) groups is 1. The SMILES string of the molecule is CCC(CC)(C(=O)N1CCC(C)C1CO)C(N)=S. The molecule has 1 heterocycles. The molecule has 0 saturated carbocycles. The maximum atomic E-state index is 12.7. The molecule has 0 radical (unpaired) electrons. The van der Waals surface area contributed by atoms with Crippen LogP contribution < -0.4 is 5.73 Å². The minimum Gasteiger partial charge on any atom is -0.394 e. The zero-order valence-corrected chi connectivity index (χ0v) is 12.3. The summed E-state index contributed by atoms with van der Waals surface area (Å²) in [7, 11) is 0. The number of thiocarbonyl (C=S) groups is 1. The molecule has 1 aliphatic heterocycles. The van der Waals surface area contributed by atoms with Crippen molar-refractivity contribution in [3.05, 3.63) is 0 Å². The summed E-state index contributed by atoms with van der Waals surface area (Å²) >= 11 is 5.11. The van der Waals surface area contributed by atoms with Gasteiger partial charge in [-0.1, -0.05) is 33.0 Å². The number of nitrogens with zero attached hydrogens (tertiary/aromatic N) is 1. The Balaban J connectivity index is 3.01. The molecule has 1 rings (SSSR count). The van der Waals surface area contributed by atoms with E-state index in [-0.39, 0.29) is 23.5 Å². The smallest absolute Gasteiger partial charge is 0.235 e. The van der Waals surface area contributed by atoms with Crippen LogP contribution in [0.1, 0.15) is 40.0 Å². The van der Waals surface area contributed by atoms with Crippen molar-refractivity contribution in [3.8, 4) is 0 Å². The Hall–Kier alpha value is -0.680. The molecular formula is C13H24N2O2S. The number of aliphatic hydroxyl groups is 1. The topological polar surface area (TPSA) is 66.6 Å². The fourth-order valence-electron chi connectivity index (χ4n) is 2.82. The van der Waals surface area contributed by atoms with E-state index >= 15 is 0 Å². The molecule has 5 heteroatoms. The van der Waals surface area contributed by atoms with Crippen LogP contribution >= 0.6 is 12.2 Å². The predicted octanol–water partition coefficient (Wildman–Crippen LogP) is 1.31. The first-order valence-electron chi connectivity index (χ1n) is 6.66. The van der Waals surface area contributed by atoms with Gasteiger partial charge in [-0.2, -0.15) is 0 Å². The van der Waals surface area contributed by atoms with Gasteiger partial charge in [0.25, 0.3) is 0 Å². The van der Waals surface area contributed by atoms with Crippen LogP contribution in [0.2, 0.25) is 0 Å². The zero-order valence-electron chi connectivity index (χ0n) is 11.5. The first-order valence-corrected chi connectivity index (χ1v) is 7.07. The lowest BCUT2D eigenvalue weighted by Crippen LogP contribution is -2.52. The molecule has 18 heavy (non-hydrogen) atoms. The van der Waals surface area contributed by atoms with Crippen LogP contribution in [0, 0.1) is 11.3 Å². The predicted molar refractivity (Wildman–Crippen MR) is 76.2 cm³/mol. The number of likely N-dealkylation sites (tertiary alicyclic amines) is 1. The highest BCUT2D eigenvalue weighted by molar-refractivity contribution is 7.80. The van der Waals surface area contributed by atoms with Crippen LogP contribution in [0.5, 0.6) is 0 Å². The van der Waals surface area contributed by atoms with Gasteiger partial charge in [-0.05, 0) is 25.2 Å². The van der Waals surface area contributed by atoms with Crippen molar-refractivity contribution in [2.75, 3.05) is 13.2 Å². The molecule has 1 amide bonds. The summed E-state index contributed by atoms with van der Waals surface area (Å²) in [5.41, 5.74) is 5.06. The molecule has 0 aromatic carbocycles. The molecule has 3 N–H and O–H groups in total. The van der Waals surface area contributed by atoms with Gasteiger partial charge in [0.05, 0.1) is 23.1 Å². The van der Waals surface area contributed by atoms with E-state index in [1.165, 1.54) is 0 Å². The molecule has 2 unspecified atom stereocenters. The Bertz CT molecular complexity index is 329. The highest BCUT2D eigenvalue weighted by Gasteiger charge is 2.45. The van der Waals surface area contributed by atoms with Gasteiger partial charge in [0.1, 0.15) is 0 Å². The summed E-state index contributed by atoms with van der Waals surface area (Å²) in [6.45, 7) is 6.64. The van der Waals surface area contributed by atoms with E-state index in [1.54, 1.807) is 4.90 Å². The number of carbonyl (C=O) groups excluding carboxylic acids is 1. The molecular weight excluding hydrogens is 248 g/mol. The van der Waals surface area contributed by atoms with Crippen LogP contribution in [0.25, 0.3) is 0 Å². The molecule has 2 atom stereocenters. The lowest BCUT2D eigenvalue weighted by atomic mass is 9.80. The molecule has 0 aromatic rings. The Kier molecular flexibility index (Phi) is 5.10. The third kappa shape index (κ3) is 2.38. The van der Waals surface area contributed by atoms with E-state index in [0.29, 0.717) is 25.3 Å². The summed E-state index contributed by atoms with van der Waals surface area (Å²) in [6, 6.07) is -0.0932. The Morgan fingerprint density at radius 3 is 2.44 bits per heavy atom. The van der Waals surface area contributed by atoms with E-state index in [1.807, 2.05) is 13.8 Å². The summed E-state index contributed by atoms with van der Waals surface area (Å²) in [4.78, 5) is 14.8. The van der Waals surface area contributed by atoms with Gasteiger partial charge in [-0.3, -0.25) is 4.79 Å². The Labute approximate surface area is 115 Å². The molecule has 0 spiro atoms. The van der Waals surface area contributed by atoms with E-state index in [4.69, 9.17) is 18.0 Å². The van der Waals surface area contributed by atoms with E-state index in [0.717, 1.165) is 6.42 Å². The minimum absolute atomic E-state index is 0.00769. The number of hydrogen-bond acceptors (Lipinski definition) is 3. The third-order valence-corrected chi connectivity index (χ3v) is 4.81. The molecule has 4 nitrogen and oxygen atoms in total. The highest BCUT2D eigenvalue weighted by atomic mass is 32.1. The third-order valence-electron chi connectivity index (χ3n) is 4.42. The van der Waals surface area contributed by atoms with Gasteiger partial charge >= 0.3 is 0 Å². The van der Waals surface area contributed by atoms with Crippen LogP contribution in [0.15, 0.2) is 0 Å². The average Bonchev–Trinajstić information content (AvgIpc) is 2.71. The lowest BCUT2D eigenvalue weighted by Gasteiger charge is -2.36. The number of hydrogen-bond donors (Lipinski definition) is 2. The van der Waals surface area contributed by atoms with Crippen molar-refractivity contribution >= 4 is 23.1 Å². The quantitative estimate of drug-likeness (QED) is 0.741. The summed E-state index contributed by atoms with van der Waals surface area (Å²) in [6.07, 6.45) is 2.15. The van der Waals surface area contributed by atoms with Crippen molar-refractivity contribution in [1.82, 2.24) is 4.90 Å². The zero-order chi connectivity index (χ0) is 13.9. The lowest BCUT2D eigenvalue weighted by molar-refractivity contribution is -0.140. The summed E-state index contributed by atoms with van der Waals surface area (Å²) in [5.74, 6) is 0.320. The molecule has 0 aliphatic carbocycles. The summed E-state index contributed by atoms with van der Waals surface area (Å²) < 4.78 is 0. The molecule has 0 aromatic heterocycles. The first-order chi connectivity index (χ1) is 8.44. The average molecular weight is 272 g/mol. The molecule has 104 valence electrons. The second-order valence-corrected chi connectivity index (χ2v) is 5.61. The first kappa shape index (κ1) is 15.4. The van der Waals surface area contributed by atoms with Gasteiger partial charge in [0.15, 0.2) is 0 Å². The standard InChI is InChI=1S/C13H24N2O2S/c1-4-13(5-2,11(14)18)12(17)15-7-6-9(3)10(15)8-16/h9-10,16H,4-8H2,1-3H3,(H2,14,18). The van der Waals surface area contributed by atoms with Crippen LogP contribution in [-0.2, 0) is 4.79 Å². The monoisotopic (exact) mass is 272 g/mol. The normalized spacial score (nSPS) is 24.3. The van der Waals surface area contributed by atoms with Crippen LogP contribution in [-0.4, -0.2) is 40.1 Å². The second-order valence-electron chi connectivity index (χ2n) is 5.17. The number of nitrogens with two attached hydrogens (primary N) is 1. The van der Waals surface area contributed by atoms with Gasteiger partial charge in [-0.25, -0.2) is 0 Å². The van der Waals surface area contributed by atoms with Gasteiger partial charge < -0.3 is 15.7 Å².